The largest absolute Gasteiger partial charge is 0.294 e. The Bertz CT molecular complexity index is 641. The van der Waals surface area contributed by atoms with Crippen molar-refractivity contribution in [3.8, 4) is 0 Å². The van der Waals surface area contributed by atoms with Crippen LogP contribution in [0.1, 0.15) is 15.9 Å². The average molecular weight is 329 g/mol. The van der Waals surface area contributed by atoms with Crippen LogP contribution in [0.2, 0.25) is 0 Å². The van der Waals surface area contributed by atoms with Crippen LogP contribution in [-0.4, -0.2) is 5.78 Å². The first-order chi connectivity index (χ1) is 8.97. The van der Waals surface area contributed by atoms with Crippen molar-refractivity contribution in [3.05, 3.63) is 69.4 Å². The van der Waals surface area contributed by atoms with E-state index in [0.29, 0.717) is 16.1 Å². The van der Waals surface area contributed by atoms with E-state index < -0.39 is 23.2 Å². The number of hydrogen-bond acceptors (Lipinski definition) is 1. The Balaban J connectivity index is 2.28. The van der Waals surface area contributed by atoms with Crippen molar-refractivity contribution in [1.29, 1.82) is 0 Å². The van der Waals surface area contributed by atoms with Crippen molar-refractivity contribution in [1.82, 2.24) is 0 Å². The maximum Gasteiger partial charge on any atom is 0.170 e. The first-order valence-corrected chi connectivity index (χ1v) is 6.19. The molecular weight excluding hydrogens is 321 g/mol. The minimum absolute atomic E-state index is 0.166. The van der Waals surface area contributed by atoms with E-state index in [1.54, 1.807) is 0 Å². The van der Waals surface area contributed by atoms with Gasteiger partial charge in [0.05, 0.1) is 5.56 Å². The van der Waals surface area contributed by atoms with Gasteiger partial charge in [-0.05, 0) is 35.9 Å². The summed E-state index contributed by atoms with van der Waals surface area (Å²) in [6.45, 7) is 0. The van der Waals surface area contributed by atoms with Gasteiger partial charge in [0.25, 0.3) is 0 Å². The molecule has 0 heterocycles. The van der Waals surface area contributed by atoms with Gasteiger partial charge in [-0.2, -0.15) is 0 Å². The maximum atomic E-state index is 13.4. The quantitative estimate of drug-likeness (QED) is 0.768. The molecule has 0 saturated carbocycles. The Labute approximate surface area is 116 Å². The fraction of sp³-hybridized carbons (Fsp3) is 0.0714. The lowest BCUT2D eigenvalue weighted by atomic mass is 10.0. The molecule has 0 spiro atoms. The van der Waals surface area contributed by atoms with Gasteiger partial charge < -0.3 is 0 Å². The Hall–Kier alpha value is -1.62. The van der Waals surface area contributed by atoms with Crippen molar-refractivity contribution in [2.75, 3.05) is 0 Å². The molecular formula is C14H8BrF3O. The van der Waals surface area contributed by atoms with E-state index in [4.69, 9.17) is 0 Å². The molecule has 0 aliphatic carbocycles. The Kier molecular flexibility index (Phi) is 4.04. The first kappa shape index (κ1) is 13.8. The SMILES string of the molecule is O=C(Cc1cc(F)ccc1Br)c1ccc(F)cc1F. The van der Waals surface area contributed by atoms with Gasteiger partial charge >= 0.3 is 0 Å². The summed E-state index contributed by atoms with van der Waals surface area (Å²) in [5.41, 5.74) is 0.200. The van der Waals surface area contributed by atoms with E-state index in [0.717, 1.165) is 12.1 Å². The highest BCUT2D eigenvalue weighted by molar-refractivity contribution is 9.10. The van der Waals surface area contributed by atoms with E-state index >= 15 is 0 Å². The molecule has 2 rings (SSSR count). The molecule has 2 aromatic carbocycles. The summed E-state index contributed by atoms with van der Waals surface area (Å²) in [6, 6.07) is 6.66. The van der Waals surface area contributed by atoms with Gasteiger partial charge in [0.1, 0.15) is 17.5 Å². The van der Waals surface area contributed by atoms with Crippen molar-refractivity contribution in [2.45, 2.75) is 6.42 Å². The normalized spacial score (nSPS) is 10.5. The molecule has 0 bridgehead atoms. The standard InChI is InChI=1S/C14H8BrF3O/c15-12-4-2-9(16)5-8(12)6-14(19)11-3-1-10(17)7-13(11)18/h1-5,7H,6H2. The van der Waals surface area contributed by atoms with Gasteiger partial charge in [-0.1, -0.05) is 15.9 Å². The molecule has 0 atom stereocenters. The monoisotopic (exact) mass is 328 g/mol. The van der Waals surface area contributed by atoms with Crippen LogP contribution in [0.3, 0.4) is 0 Å². The van der Waals surface area contributed by atoms with Crippen molar-refractivity contribution < 1.29 is 18.0 Å². The second kappa shape index (κ2) is 5.57. The molecule has 0 unspecified atom stereocenters. The predicted molar refractivity (Wildman–Crippen MR) is 68.5 cm³/mol. The fourth-order valence-electron chi connectivity index (χ4n) is 1.66. The number of carbonyl (C=O) groups excluding carboxylic acids is 1. The molecule has 0 aliphatic rings. The van der Waals surface area contributed by atoms with Gasteiger partial charge in [-0.15, -0.1) is 0 Å². The molecule has 1 nitrogen and oxygen atoms in total. The smallest absolute Gasteiger partial charge is 0.170 e. The average Bonchev–Trinajstić information content (AvgIpc) is 2.33. The lowest BCUT2D eigenvalue weighted by Gasteiger charge is -2.05. The van der Waals surface area contributed by atoms with E-state index in [1.165, 1.54) is 18.2 Å². The second-order valence-electron chi connectivity index (χ2n) is 3.96. The summed E-state index contributed by atoms with van der Waals surface area (Å²) in [6.07, 6.45) is -0.166. The van der Waals surface area contributed by atoms with Gasteiger partial charge in [0.15, 0.2) is 5.78 Å². The van der Waals surface area contributed by atoms with Gasteiger partial charge in [-0.3, -0.25) is 4.79 Å². The topological polar surface area (TPSA) is 17.1 Å². The molecule has 5 heteroatoms. The zero-order valence-corrected chi connectivity index (χ0v) is 11.2. The fourth-order valence-corrected chi connectivity index (χ4v) is 2.05. The lowest BCUT2D eigenvalue weighted by molar-refractivity contribution is 0.0989. The van der Waals surface area contributed by atoms with Gasteiger partial charge in [0.2, 0.25) is 0 Å². The molecule has 0 aromatic heterocycles. The molecule has 0 saturated heterocycles. The maximum absolute atomic E-state index is 13.4. The van der Waals surface area contributed by atoms with Crippen LogP contribution in [0.15, 0.2) is 40.9 Å². The summed E-state index contributed by atoms with van der Waals surface area (Å²) >= 11 is 3.19. The highest BCUT2D eigenvalue weighted by Gasteiger charge is 2.14. The molecule has 98 valence electrons. The Morgan fingerprint density at radius 2 is 1.63 bits per heavy atom. The number of ketones is 1. The minimum atomic E-state index is -0.919. The zero-order chi connectivity index (χ0) is 14.0. The summed E-state index contributed by atoms with van der Waals surface area (Å²) in [4.78, 5) is 11.9. The van der Waals surface area contributed by atoms with Crippen LogP contribution in [0.5, 0.6) is 0 Å². The molecule has 2 aromatic rings. The molecule has 0 N–H and O–H groups in total. The Morgan fingerprint density at radius 1 is 1.00 bits per heavy atom. The highest BCUT2D eigenvalue weighted by atomic mass is 79.9. The highest BCUT2D eigenvalue weighted by Crippen LogP contribution is 2.20. The van der Waals surface area contributed by atoms with Crippen LogP contribution >= 0.6 is 15.9 Å². The van der Waals surface area contributed by atoms with E-state index in [2.05, 4.69) is 15.9 Å². The molecule has 0 aliphatic heterocycles. The third-order valence-electron chi connectivity index (χ3n) is 2.59. The van der Waals surface area contributed by atoms with Crippen molar-refractivity contribution >= 4 is 21.7 Å². The number of rotatable bonds is 3. The third kappa shape index (κ3) is 3.23. The second-order valence-corrected chi connectivity index (χ2v) is 4.81. The summed E-state index contributed by atoms with van der Waals surface area (Å²) in [5.74, 6) is -2.69. The van der Waals surface area contributed by atoms with E-state index in [9.17, 15) is 18.0 Å². The van der Waals surface area contributed by atoms with Crippen LogP contribution in [-0.2, 0) is 6.42 Å². The molecule has 0 fully saturated rings. The summed E-state index contributed by atoms with van der Waals surface area (Å²) < 4.78 is 39.8. The number of halogens is 4. The lowest BCUT2D eigenvalue weighted by Crippen LogP contribution is -2.07. The van der Waals surface area contributed by atoms with E-state index in [1.807, 2.05) is 0 Å². The van der Waals surface area contributed by atoms with Crippen molar-refractivity contribution in [2.24, 2.45) is 0 Å². The predicted octanol–water partition coefficient (Wildman–Crippen LogP) is 4.29. The van der Waals surface area contributed by atoms with Crippen LogP contribution < -0.4 is 0 Å². The molecule has 0 amide bonds. The number of benzene rings is 2. The number of Topliss-reactive ketones (excluding diaryl/α,β-unsaturated/α-hetero) is 1. The zero-order valence-electron chi connectivity index (χ0n) is 9.59. The van der Waals surface area contributed by atoms with E-state index in [-0.39, 0.29) is 12.0 Å². The Morgan fingerprint density at radius 3 is 2.32 bits per heavy atom. The third-order valence-corrected chi connectivity index (χ3v) is 3.36. The van der Waals surface area contributed by atoms with Gasteiger partial charge in [-0.25, -0.2) is 13.2 Å². The minimum Gasteiger partial charge on any atom is -0.294 e. The number of carbonyl (C=O) groups is 1. The van der Waals surface area contributed by atoms with Gasteiger partial charge in [0, 0.05) is 17.0 Å². The first-order valence-electron chi connectivity index (χ1n) is 5.39. The molecule has 0 radical (unpaired) electrons. The van der Waals surface area contributed by atoms with Crippen LogP contribution in [0, 0.1) is 17.5 Å². The van der Waals surface area contributed by atoms with Crippen LogP contribution in [0.4, 0.5) is 13.2 Å². The molecule has 19 heavy (non-hydrogen) atoms. The van der Waals surface area contributed by atoms with Crippen LogP contribution in [0.25, 0.3) is 0 Å². The summed E-state index contributed by atoms with van der Waals surface area (Å²) in [5, 5.41) is 0. The number of hydrogen-bond donors (Lipinski definition) is 0. The van der Waals surface area contributed by atoms with Crippen molar-refractivity contribution in [3.63, 3.8) is 0 Å². The summed E-state index contributed by atoms with van der Waals surface area (Å²) in [7, 11) is 0.